The molecule has 2 rings (SSSR count). The standard InChI is InChI=1S/C17H23NO/c1-14(12-16-6-3-2-4-7-16)17(19)13-18-11-5-8-15-9-10-15/h2-4,6-7,14-15,17-19H,9-13H2,1H3/t14-,17+/m0/s1. The summed E-state index contributed by atoms with van der Waals surface area (Å²) in [6, 6.07) is 10.3. The van der Waals surface area contributed by atoms with Crippen molar-refractivity contribution in [1.82, 2.24) is 5.32 Å². The summed E-state index contributed by atoms with van der Waals surface area (Å²) in [5, 5.41) is 13.3. The third-order valence-corrected chi connectivity index (χ3v) is 3.51. The van der Waals surface area contributed by atoms with Crippen molar-refractivity contribution >= 4 is 0 Å². The molecule has 1 aromatic rings. The molecule has 0 aromatic heterocycles. The Balaban J connectivity index is 1.64. The Labute approximate surface area is 116 Å². The minimum absolute atomic E-state index is 0.256. The van der Waals surface area contributed by atoms with E-state index in [1.807, 2.05) is 18.2 Å². The zero-order valence-corrected chi connectivity index (χ0v) is 11.6. The maximum absolute atomic E-state index is 10.1. The second kappa shape index (κ2) is 7.33. The second-order valence-corrected chi connectivity index (χ2v) is 5.46. The van der Waals surface area contributed by atoms with Crippen molar-refractivity contribution in [2.45, 2.75) is 32.3 Å². The van der Waals surface area contributed by atoms with Crippen molar-refractivity contribution in [3.05, 3.63) is 35.9 Å². The Bertz CT molecular complexity index is 428. The molecular weight excluding hydrogens is 234 g/mol. The number of hydrogen-bond donors (Lipinski definition) is 2. The first-order valence-electron chi connectivity index (χ1n) is 7.17. The first-order valence-corrected chi connectivity index (χ1v) is 7.17. The minimum Gasteiger partial charge on any atom is -0.392 e. The second-order valence-electron chi connectivity index (χ2n) is 5.46. The van der Waals surface area contributed by atoms with E-state index in [-0.39, 0.29) is 12.0 Å². The first kappa shape index (κ1) is 14.1. The summed E-state index contributed by atoms with van der Waals surface area (Å²) in [6.45, 7) is 3.40. The molecule has 1 aromatic carbocycles. The van der Waals surface area contributed by atoms with Crippen LogP contribution in [0.5, 0.6) is 0 Å². The molecule has 102 valence electrons. The predicted octanol–water partition coefficient (Wildman–Crippen LogP) is 2.23. The molecule has 2 N–H and O–H groups in total. The van der Waals surface area contributed by atoms with Gasteiger partial charge in [0.15, 0.2) is 0 Å². The van der Waals surface area contributed by atoms with Gasteiger partial charge in [-0.15, -0.1) is 0 Å². The van der Waals surface area contributed by atoms with Gasteiger partial charge in [0.05, 0.1) is 12.6 Å². The third kappa shape index (κ3) is 5.46. The van der Waals surface area contributed by atoms with Gasteiger partial charge in [-0.2, -0.15) is 0 Å². The smallest absolute Gasteiger partial charge is 0.0693 e. The lowest BCUT2D eigenvalue weighted by Crippen LogP contribution is -2.32. The van der Waals surface area contributed by atoms with E-state index in [0.717, 1.165) is 6.42 Å². The molecule has 0 radical (unpaired) electrons. The van der Waals surface area contributed by atoms with E-state index in [9.17, 15) is 5.11 Å². The molecule has 0 aliphatic heterocycles. The lowest BCUT2D eigenvalue weighted by molar-refractivity contribution is 0.116. The molecule has 2 heteroatoms. The van der Waals surface area contributed by atoms with Crippen molar-refractivity contribution in [1.29, 1.82) is 0 Å². The van der Waals surface area contributed by atoms with Crippen LogP contribution in [-0.2, 0) is 6.42 Å². The highest BCUT2D eigenvalue weighted by atomic mass is 16.3. The van der Waals surface area contributed by atoms with E-state index < -0.39 is 0 Å². The molecule has 0 bridgehead atoms. The van der Waals surface area contributed by atoms with Crippen molar-refractivity contribution in [3.63, 3.8) is 0 Å². The molecule has 0 amide bonds. The van der Waals surface area contributed by atoms with Crippen molar-refractivity contribution in [2.24, 2.45) is 11.8 Å². The van der Waals surface area contributed by atoms with Crippen LogP contribution in [0.4, 0.5) is 0 Å². The summed E-state index contributed by atoms with van der Waals surface area (Å²) < 4.78 is 0. The SMILES string of the molecule is C[C@@H](Cc1ccccc1)[C@H](O)CNCC#CC1CC1. The molecule has 0 heterocycles. The normalized spacial score (nSPS) is 17.4. The van der Waals surface area contributed by atoms with Crippen LogP contribution in [0.2, 0.25) is 0 Å². The van der Waals surface area contributed by atoms with E-state index in [4.69, 9.17) is 0 Å². The van der Waals surface area contributed by atoms with Gasteiger partial charge in [-0.3, -0.25) is 0 Å². The van der Waals surface area contributed by atoms with Gasteiger partial charge >= 0.3 is 0 Å². The largest absolute Gasteiger partial charge is 0.392 e. The highest BCUT2D eigenvalue weighted by Gasteiger charge is 2.17. The van der Waals surface area contributed by atoms with Crippen molar-refractivity contribution in [3.8, 4) is 11.8 Å². The third-order valence-electron chi connectivity index (χ3n) is 3.51. The Hall–Kier alpha value is -1.30. The van der Waals surface area contributed by atoms with Gasteiger partial charge in [0.2, 0.25) is 0 Å². The van der Waals surface area contributed by atoms with Gasteiger partial charge in [-0.1, -0.05) is 49.1 Å². The summed E-state index contributed by atoms with van der Waals surface area (Å²) in [6.07, 6.45) is 3.13. The van der Waals surface area contributed by atoms with Crippen LogP contribution in [0.15, 0.2) is 30.3 Å². The molecule has 0 spiro atoms. The molecule has 0 unspecified atom stereocenters. The summed E-state index contributed by atoms with van der Waals surface area (Å²) in [5.74, 6) is 7.24. The highest BCUT2D eigenvalue weighted by molar-refractivity contribution is 5.15. The van der Waals surface area contributed by atoms with Crippen molar-refractivity contribution < 1.29 is 5.11 Å². The molecule has 1 saturated carbocycles. The van der Waals surface area contributed by atoms with E-state index in [2.05, 4.69) is 36.2 Å². The van der Waals surface area contributed by atoms with Crippen LogP contribution in [0, 0.1) is 23.7 Å². The summed E-state index contributed by atoms with van der Waals surface area (Å²) in [7, 11) is 0. The monoisotopic (exact) mass is 257 g/mol. The lowest BCUT2D eigenvalue weighted by atomic mass is 9.96. The molecule has 1 aliphatic rings. The minimum atomic E-state index is -0.317. The van der Waals surface area contributed by atoms with Gasteiger partial charge in [0.1, 0.15) is 0 Å². The van der Waals surface area contributed by atoms with Crippen molar-refractivity contribution in [2.75, 3.05) is 13.1 Å². The van der Waals surface area contributed by atoms with E-state index in [1.54, 1.807) is 0 Å². The quantitative estimate of drug-likeness (QED) is 0.605. The summed E-state index contributed by atoms with van der Waals surface area (Å²) in [4.78, 5) is 0. The molecule has 0 saturated heterocycles. The fourth-order valence-electron chi connectivity index (χ4n) is 2.03. The van der Waals surface area contributed by atoms with Crippen LogP contribution in [0.1, 0.15) is 25.3 Å². The molecule has 1 fully saturated rings. The van der Waals surface area contributed by atoms with Crippen LogP contribution in [0.25, 0.3) is 0 Å². The van der Waals surface area contributed by atoms with E-state index in [0.29, 0.717) is 19.0 Å². The highest BCUT2D eigenvalue weighted by Crippen LogP contribution is 2.27. The molecule has 19 heavy (non-hydrogen) atoms. The van der Waals surface area contributed by atoms with Gasteiger partial charge < -0.3 is 10.4 Å². The number of aliphatic hydroxyl groups is 1. The zero-order chi connectivity index (χ0) is 13.5. The number of hydrogen-bond acceptors (Lipinski definition) is 2. The Morgan fingerprint density at radius 1 is 1.32 bits per heavy atom. The number of nitrogens with one attached hydrogen (secondary N) is 1. The summed E-state index contributed by atoms with van der Waals surface area (Å²) in [5.41, 5.74) is 1.28. The van der Waals surface area contributed by atoms with Crippen LogP contribution in [-0.4, -0.2) is 24.3 Å². The average molecular weight is 257 g/mol. The van der Waals surface area contributed by atoms with Crippen LogP contribution in [0.3, 0.4) is 0 Å². The van der Waals surface area contributed by atoms with Crippen LogP contribution >= 0.6 is 0 Å². The molecule has 2 nitrogen and oxygen atoms in total. The average Bonchev–Trinajstić information content (AvgIpc) is 3.23. The molecule has 2 atom stereocenters. The lowest BCUT2D eigenvalue weighted by Gasteiger charge is -2.18. The number of benzene rings is 1. The number of rotatable bonds is 6. The molecular formula is C17H23NO. The predicted molar refractivity (Wildman–Crippen MR) is 78.7 cm³/mol. The Morgan fingerprint density at radius 2 is 2.05 bits per heavy atom. The molecule has 1 aliphatic carbocycles. The van der Waals surface area contributed by atoms with Gasteiger partial charge in [-0.25, -0.2) is 0 Å². The topological polar surface area (TPSA) is 32.3 Å². The Kier molecular flexibility index (Phi) is 5.44. The van der Waals surface area contributed by atoms with Gasteiger partial charge in [-0.05, 0) is 30.7 Å². The van der Waals surface area contributed by atoms with Crippen LogP contribution < -0.4 is 5.32 Å². The van der Waals surface area contributed by atoms with Gasteiger partial charge in [0.25, 0.3) is 0 Å². The summed E-state index contributed by atoms with van der Waals surface area (Å²) >= 11 is 0. The van der Waals surface area contributed by atoms with Gasteiger partial charge in [0, 0.05) is 12.5 Å². The fourth-order valence-corrected chi connectivity index (χ4v) is 2.03. The van der Waals surface area contributed by atoms with E-state index in [1.165, 1.54) is 18.4 Å². The maximum Gasteiger partial charge on any atom is 0.0693 e. The zero-order valence-electron chi connectivity index (χ0n) is 11.6. The Morgan fingerprint density at radius 3 is 2.74 bits per heavy atom. The first-order chi connectivity index (χ1) is 9.25. The maximum atomic E-state index is 10.1. The van der Waals surface area contributed by atoms with E-state index >= 15 is 0 Å². The number of aliphatic hydroxyl groups excluding tert-OH is 1. The fraction of sp³-hybridized carbons (Fsp3) is 0.529.